The van der Waals surface area contributed by atoms with Gasteiger partial charge >= 0.3 is 0 Å². The predicted molar refractivity (Wildman–Crippen MR) is 108 cm³/mol. The second-order valence-corrected chi connectivity index (χ2v) is 9.17. The molecule has 0 unspecified atom stereocenters. The van der Waals surface area contributed by atoms with E-state index in [9.17, 15) is 0 Å². The highest BCUT2D eigenvalue weighted by Crippen LogP contribution is 2.41. The van der Waals surface area contributed by atoms with Crippen LogP contribution in [0.5, 0.6) is 0 Å². The molecular weight excluding hydrogens is 342 g/mol. The lowest BCUT2D eigenvalue weighted by Gasteiger charge is -2.30. The summed E-state index contributed by atoms with van der Waals surface area (Å²) in [4.78, 5) is 15.7. The minimum Gasteiger partial charge on any atom is -0.378 e. The lowest BCUT2D eigenvalue weighted by atomic mass is 9.88. The Labute approximate surface area is 160 Å². The summed E-state index contributed by atoms with van der Waals surface area (Å²) in [6.07, 6.45) is 13.0. The van der Waals surface area contributed by atoms with E-state index in [0.29, 0.717) is 5.92 Å². The van der Waals surface area contributed by atoms with Crippen LogP contribution in [-0.4, -0.2) is 36.3 Å². The van der Waals surface area contributed by atoms with Crippen molar-refractivity contribution in [1.29, 1.82) is 0 Å². The van der Waals surface area contributed by atoms with E-state index < -0.39 is 0 Å². The molecule has 26 heavy (non-hydrogen) atoms. The number of anilines is 1. The second-order valence-electron chi connectivity index (χ2n) is 8.08. The van der Waals surface area contributed by atoms with Gasteiger partial charge in [0.2, 0.25) is 0 Å². The van der Waals surface area contributed by atoms with Gasteiger partial charge in [-0.25, -0.2) is 9.97 Å². The Kier molecular flexibility index (Phi) is 4.84. The summed E-state index contributed by atoms with van der Waals surface area (Å²) in [5, 5.41) is 1.38. The second kappa shape index (κ2) is 7.43. The van der Waals surface area contributed by atoms with E-state index in [1.54, 1.807) is 10.4 Å². The normalized spacial score (nSPS) is 22.4. The van der Waals surface area contributed by atoms with Crippen molar-refractivity contribution in [1.82, 2.24) is 9.97 Å². The largest absolute Gasteiger partial charge is 0.378 e. The summed E-state index contributed by atoms with van der Waals surface area (Å²) >= 11 is 1.96. The molecule has 5 heteroatoms. The molecule has 2 aromatic heterocycles. The first-order chi connectivity index (χ1) is 12.9. The fourth-order valence-corrected chi connectivity index (χ4v) is 6.14. The maximum absolute atomic E-state index is 5.61. The van der Waals surface area contributed by atoms with Crippen molar-refractivity contribution < 1.29 is 4.74 Å². The van der Waals surface area contributed by atoms with E-state index in [-0.39, 0.29) is 0 Å². The van der Waals surface area contributed by atoms with E-state index in [4.69, 9.17) is 14.7 Å². The molecule has 0 radical (unpaired) electrons. The van der Waals surface area contributed by atoms with Gasteiger partial charge < -0.3 is 9.64 Å². The van der Waals surface area contributed by atoms with Gasteiger partial charge in [-0.1, -0.05) is 25.7 Å². The monoisotopic (exact) mass is 371 g/mol. The predicted octanol–water partition coefficient (Wildman–Crippen LogP) is 4.84. The summed E-state index contributed by atoms with van der Waals surface area (Å²) in [6.45, 7) is 3.55. The lowest BCUT2D eigenvalue weighted by Crippen LogP contribution is -2.37. The van der Waals surface area contributed by atoms with Gasteiger partial charge in [0.15, 0.2) is 0 Å². The third-order valence-electron chi connectivity index (χ3n) is 6.34. The van der Waals surface area contributed by atoms with Crippen LogP contribution in [-0.2, 0) is 17.6 Å². The van der Waals surface area contributed by atoms with Gasteiger partial charge in [-0.15, -0.1) is 11.3 Å². The van der Waals surface area contributed by atoms with Crippen LogP contribution in [0.2, 0.25) is 0 Å². The first-order valence-corrected chi connectivity index (χ1v) is 11.4. The van der Waals surface area contributed by atoms with E-state index in [2.05, 4.69) is 4.90 Å². The van der Waals surface area contributed by atoms with Gasteiger partial charge in [-0.2, -0.15) is 0 Å². The molecule has 3 aliphatic rings. The summed E-state index contributed by atoms with van der Waals surface area (Å²) in [5.74, 6) is 2.91. The molecule has 0 atom stereocenters. The van der Waals surface area contributed by atoms with Crippen LogP contribution < -0.4 is 4.90 Å². The number of ether oxygens (including phenoxy) is 1. The molecule has 1 aliphatic heterocycles. The number of aromatic nitrogens is 2. The van der Waals surface area contributed by atoms with Crippen LogP contribution in [0.4, 0.5) is 5.82 Å². The molecule has 140 valence electrons. The fourth-order valence-electron chi connectivity index (χ4n) is 4.88. The lowest BCUT2D eigenvalue weighted by molar-refractivity contribution is 0.122. The van der Waals surface area contributed by atoms with Crippen molar-refractivity contribution in [3.8, 4) is 0 Å². The summed E-state index contributed by atoms with van der Waals surface area (Å²) in [5.41, 5.74) is 1.57. The Morgan fingerprint density at radius 2 is 1.65 bits per heavy atom. The van der Waals surface area contributed by atoms with Crippen LogP contribution >= 0.6 is 11.3 Å². The number of aryl methyl sites for hydroxylation is 2. The van der Waals surface area contributed by atoms with Crippen molar-refractivity contribution in [2.45, 2.75) is 70.1 Å². The molecule has 1 saturated heterocycles. The number of nitrogens with zero attached hydrogens (tertiary/aromatic N) is 3. The fraction of sp³-hybridized carbons (Fsp3) is 0.714. The molecule has 2 aromatic rings. The SMILES string of the molecule is C1CCc2sc3nc(C4CCCCC4)nc(N4CCOCC4)c3c2CC1. The van der Waals surface area contributed by atoms with Gasteiger partial charge in [-0.05, 0) is 44.1 Å². The molecule has 0 spiro atoms. The molecule has 0 aromatic carbocycles. The average molecular weight is 372 g/mol. The Bertz CT molecular complexity index is 775. The topological polar surface area (TPSA) is 38.2 Å². The van der Waals surface area contributed by atoms with Crippen molar-refractivity contribution in [3.63, 3.8) is 0 Å². The smallest absolute Gasteiger partial charge is 0.141 e. The quantitative estimate of drug-likeness (QED) is 0.708. The van der Waals surface area contributed by atoms with Crippen LogP contribution in [0.1, 0.15) is 73.5 Å². The molecular formula is C21H29N3OS. The third-order valence-corrected chi connectivity index (χ3v) is 7.53. The van der Waals surface area contributed by atoms with Gasteiger partial charge in [-0.3, -0.25) is 0 Å². The Balaban J connectivity index is 1.64. The maximum atomic E-state index is 5.61. The van der Waals surface area contributed by atoms with Gasteiger partial charge in [0.25, 0.3) is 0 Å². The van der Waals surface area contributed by atoms with Crippen molar-refractivity contribution in [2.24, 2.45) is 0 Å². The molecule has 2 fully saturated rings. The molecule has 2 aliphatic carbocycles. The standard InChI is InChI=1S/C21H29N3OS/c1-3-7-15(8-4-1)19-22-20(24-11-13-25-14-12-24)18-16-9-5-2-6-10-17(16)26-21(18)23-19/h15H,1-14H2. The number of thiophene rings is 1. The van der Waals surface area contributed by atoms with Crippen LogP contribution in [0.25, 0.3) is 10.2 Å². The highest BCUT2D eigenvalue weighted by Gasteiger charge is 2.27. The highest BCUT2D eigenvalue weighted by atomic mass is 32.1. The van der Waals surface area contributed by atoms with E-state index in [0.717, 1.165) is 32.1 Å². The number of rotatable bonds is 2. The minimum atomic E-state index is 0.565. The molecule has 0 bridgehead atoms. The number of morpholine rings is 1. The van der Waals surface area contributed by atoms with Gasteiger partial charge in [0, 0.05) is 23.9 Å². The summed E-state index contributed by atoms with van der Waals surface area (Å²) in [6, 6.07) is 0. The third kappa shape index (κ3) is 3.13. The highest BCUT2D eigenvalue weighted by molar-refractivity contribution is 7.19. The molecule has 4 nitrogen and oxygen atoms in total. The summed E-state index contributed by atoms with van der Waals surface area (Å²) in [7, 11) is 0. The van der Waals surface area contributed by atoms with Gasteiger partial charge in [0.05, 0.1) is 18.6 Å². The Hall–Kier alpha value is -1.20. The zero-order chi connectivity index (χ0) is 17.3. The van der Waals surface area contributed by atoms with Crippen LogP contribution in [0, 0.1) is 0 Å². The van der Waals surface area contributed by atoms with E-state index in [1.807, 2.05) is 11.3 Å². The number of hydrogen-bond acceptors (Lipinski definition) is 5. The maximum Gasteiger partial charge on any atom is 0.141 e. The first-order valence-electron chi connectivity index (χ1n) is 10.5. The molecule has 3 heterocycles. The van der Waals surface area contributed by atoms with Gasteiger partial charge in [0.1, 0.15) is 16.5 Å². The van der Waals surface area contributed by atoms with Crippen LogP contribution in [0.15, 0.2) is 0 Å². The Morgan fingerprint density at radius 1 is 0.885 bits per heavy atom. The zero-order valence-electron chi connectivity index (χ0n) is 15.6. The number of hydrogen-bond donors (Lipinski definition) is 0. The molecule has 1 saturated carbocycles. The first kappa shape index (κ1) is 16.9. The number of fused-ring (bicyclic) bond motifs is 3. The summed E-state index contributed by atoms with van der Waals surface area (Å²) < 4.78 is 5.61. The zero-order valence-corrected chi connectivity index (χ0v) is 16.5. The minimum absolute atomic E-state index is 0.565. The van der Waals surface area contributed by atoms with Crippen molar-refractivity contribution in [3.05, 3.63) is 16.3 Å². The van der Waals surface area contributed by atoms with Crippen molar-refractivity contribution in [2.75, 3.05) is 31.2 Å². The van der Waals surface area contributed by atoms with E-state index in [1.165, 1.54) is 80.2 Å². The van der Waals surface area contributed by atoms with Crippen molar-refractivity contribution >= 4 is 27.4 Å². The Morgan fingerprint density at radius 3 is 2.50 bits per heavy atom. The average Bonchev–Trinajstić information content (AvgIpc) is 2.89. The molecule has 0 amide bonds. The van der Waals surface area contributed by atoms with E-state index >= 15 is 0 Å². The van der Waals surface area contributed by atoms with Crippen LogP contribution in [0.3, 0.4) is 0 Å². The molecule has 5 rings (SSSR count). The molecule has 0 N–H and O–H groups in total.